The van der Waals surface area contributed by atoms with Gasteiger partial charge < -0.3 is 5.73 Å². The number of rotatable bonds is 4. The molecule has 0 radical (unpaired) electrons. The van der Waals surface area contributed by atoms with E-state index in [1.807, 2.05) is 6.07 Å². The average molecular weight is 279 g/mol. The third-order valence-corrected chi connectivity index (χ3v) is 3.91. The van der Waals surface area contributed by atoms with Crippen molar-refractivity contribution in [2.75, 3.05) is 5.73 Å². The summed E-state index contributed by atoms with van der Waals surface area (Å²) in [6.07, 6.45) is 0. The lowest BCUT2D eigenvalue weighted by atomic mass is 10.1. The lowest BCUT2D eigenvalue weighted by molar-refractivity contribution is -0.385. The van der Waals surface area contributed by atoms with E-state index >= 15 is 0 Å². The van der Waals surface area contributed by atoms with E-state index in [-0.39, 0.29) is 10.6 Å². The van der Waals surface area contributed by atoms with Crippen molar-refractivity contribution in [3.8, 4) is 0 Å². The standard InChI is InChI=1S/C11H13N5O2S/c1-7-8(4-3-5-9(7)16(17)18)6-19-11-14-13-10(12)15(11)2/h3-5H,6H2,1-2H3,(H2,12,13). The number of anilines is 1. The molecule has 2 N–H and O–H groups in total. The van der Waals surface area contributed by atoms with Crippen molar-refractivity contribution >= 4 is 23.4 Å². The number of nitrogens with zero attached hydrogens (tertiary/aromatic N) is 4. The predicted molar refractivity (Wildman–Crippen MR) is 72.8 cm³/mol. The van der Waals surface area contributed by atoms with Crippen LogP contribution in [0, 0.1) is 17.0 Å². The first-order chi connectivity index (χ1) is 9.00. The van der Waals surface area contributed by atoms with Gasteiger partial charge in [-0.25, -0.2) is 0 Å². The SMILES string of the molecule is Cc1c(CSc2nnc(N)n2C)cccc1[N+](=O)[O-]. The van der Waals surface area contributed by atoms with Crippen molar-refractivity contribution in [1.29, 1.82) is 0 Å². The topological polar surface area (TPSA) is 99.9 Å². The van der Waals surface area contributed by atoms with Crippen LogP contribution in [0.2, 0.25) is 0 Å². The molecular formula is C11H13N5O2S. The molecule has 0 aliphatic carbocycles. The van der Waals surface area contributed by atoms with Crippen LogP contribution in [-0.2, 0) is 12.8 Å². The second kappa shape index (κ2) is 5.27. The molecule has 100 valence electrons. The molecule has 0 saturated carbocycles. The van der Waals surface area contributed by atoms with Gasteiger partial charge in [0, 0.05) is 24.4 Å². The van der Waals surface area contributed by atoms with Gasteiger partial charge in [-0.1, -0.05) is 23.9 Å². The first-order valence-electron chi connectivity index (χ1n) is 5.51. The maximum Gasteiger partial charge on any atom is 0.272 e. The molecule has 0 atom stereocenters. The average Bonchev–Trinajstić information content (AvgIpc) is 2.68. The number of nitro benzene ring substituents is 1. The highest BCUT2D eigenvalue weighted by Gasteiger charge is 2.14. The Labute approximate surface area is 114 Å². The first kappa shape index (κ1) is 13.3. The number of nitrogens with two attached hydrogens (primary N) is 1. The normalized spacial score (nSPS) is 10.6. The number of thioether (sulfide) groups is 1. The molecule has 0 fully saturated rings. The molecular weight excluding hydrogens is 266 g/mol. The molecule has 0 spiro atoms. The highest BCUT2D eigenvalue weighted by molar-refractivity contribution is 7.98. The molecule has 0 aliphatic rings. The molecule has 8 heteroatoms. The molecule has 1 aromatic heterocycles. The molecule has 0 amide bonds. The van der Waals surface area contributed by atoms with Crippen molar-refractivity contribution in [1.82, 2.24) is 14.8 Å². The number of aromatic nitrogens is 3. The minimum Gasteiger partial charge on any atom is -0.368 e. The van der Waals surface area contributed by atoms with Crippen LogP contribution in [0.3, 0.4) is 0 Å². The third-order valence-electron chi connectivity index (χ3n) is 2.84. The van der Waals surface area contributed by atoms with Crippen molar-refractivity contribution in [3.05, 3.63) is 39.4 Å². The van der Waals surface area contributed by atoms with Gasteiger partial charge in [0.15, 0.2) is 5.16 Å². The Bertz CT molecular complexity index is 626. The Balaban J connectivity index is 2.18. The van der Waals surface area contributed by atoms with Gasteiger partial charge in [-0.3, -0.25) is 14.7 Å². The Morgan fingerprint density at radius 1 is 1.47 bits per heavy atom. The lowest BCUT2D eigenvalue weighted by Crippen LogP contribution is -1.99. The first-order valence-corrected chi connectivity index (χ1v) is 6.50. The molecule has 2 rings (SSSR count). The Morgan fingerprint density at radius 2 is 2.21 bits per heavy atom. The van der Waals surface area contributed by atoms with Crippen LogP contribution in [0.4, 0.5) is 11.6 Å². The van der Waals surface area contributed by atoms with E-state index in [0.29, 0.717) is 22.4 Å². The lowest BCUT2D eigenvalue weighted by Gasteiger charge is -2.05. The van der Waals surface area contributed by atoms with Crippen LogP contribution in [0.15, 0.2) is 23.4 Å². The summed E-state index contributed by atoms with van der Waals surface area (Å²) < 4.78 is 1.68. The van der Waals surface area contributed by atoms with Crippen LogP contribution >= 0.6 is 11.8 Å². The Hall–Kier alpha value is -2.09. The zero-order valence-electron chi connectivity index (χ0n) is 10.5. The fourth-order valence-corrected chi connectivity index (χ4v) is 2.60. The van der Waals surface area contributed by atoms with Crippen LogP contribution in [-0.4, -0.2) is 19.7 Å². The molecule has 0 saturated heterocycles. The van der Waals surface area contributed by atoms with Crippen LogP contribution < -0.4 is 5.73 Å². The van der Waals surface area contributed by atoms with E-state index in [9.17, 15) is 10.1 Å². The summed E-state index contributed by atoms with van der Waals surface area (Å²) in [5.41, 5.74) is 7.30. The fourth-order valence-electron chi connectivity index (χ4n) is 1.62. The summed E-state index contributed by atoms with van der Waals surface area (Å²) in [4.78, 5) is 10.5. The quantitative estimate of drug-likeness (QED) is 0.521. The van der Waals surface area contributed by atoms with E-state index in [1.165, 1.54) is 17.8 Å². The Morgan fingerprint density at radius 3 is 2.79 bits per heavy atom. The van der Waals surface area contributed by atoms with Crippen molar-refractivity contribution < 1.29 is 4.92 Å². The number of hydrogen-bond acceptors (Lipinski definition) is 6. The molecule has 0 bridgehead atoms. The number of nitrogen functional groups attached to an aromatic ring is 1. The minimum atomic E-state index is -0.371. The van der Waals surface area contributed by atoms with Crippen LogP contribution in [0.5, 0.6) is 0 Å². The second-order valence-electron chi connectivity index (χ2n) is 4.01. The zero-order chi connectivity index (χ0) is 14.0. The molecule has 1 heterocycles. The fraction of sp³-hybridized carbons (Fsp3) is 0.273. The molecule has 19 heavy (non-hydrogen) atoms. The van der Waals surface area contributed by atoms with E-state index in [1.54, 1.807) is 24.6 Å². The van der Waals surface area contributed by atoms with E-state index in [0.717, 1.165) is 5.56 Å². The molecule has 2 aromatic rings. The van der Waals surface area contributed by atoms with Gasteiger partial charge in [0.05, 0.1) is 4.92 Å². The summed E-state index contributed by atoms with van der Waals surface area (Å²) in [6.45, 7) is 1.75. The van der Waals surface area contributed by atoms with E-state index in [2.05, 4.69) is 10.2 Å². The summed E-state index contributed by atoms with van der Waals surface area (Å²) in [5.74, 6) is 0.928. The smallest absolute Gasteiger partial charge is 0.272 e. The highest BCUT2D eigenvalue weighted by atomic mass is 32.2. The maximum atomic E-state index is 10.9. The van der Waals surface area contributed by atoms with Gasteiger partial charge >= 0.3 is 0 Å². The highest BCUT2D eigenvalue weighted by Crippen LogP contribution is 2.27. The van der Waals surface area contributed by atoms with E-state index < -0.39 is 0 Å². The largest absolute Gasteiger partial charge is 0.368 e. The van der Waals surface area contributed by atoms with E-state index in [4.69, 9.17) is 5.73 Å². The summed E-state index contributed by atoms with van der Waals surface area (Å²) in [7, 11) is 1.78. The van der Waals surface area contributed by atoms with Crippen molar-refractivity contribution in [2.45, 2.75) is 17.8 Å². The number of benzene rings is 1. The molecule has 0 aliphatic heterocycles. The number of hydrogen-bond donors (Lipinski definition) is 1. The molecule has 7 nitrogen and oxygen atoms in total. The zero-order valence-corrected chi connectivity index (χ0v) is 11.3. The van der Waals surface area contributed by atoms with Gasteiger partial charge in [0.2, 0.25) is 5.95 Å². The van der Waals surface area contributed by atoms with Crippen LogP contribution in [0.25, 0.3) is 0 Å². The number of nitro groups is 1. The van der Waals surface area contributed by atoms with Crippen molar-refractivity contribution in [3.63, 3.8) is 0 Å². The molecule has 1 aromatic carbocycles. The van der Waals surface area contributed by atoms with Crippen molar-refractivity contribution in [2.24, 2.45) is 7.05 Å². The summed E-state index contributed by atoms with van der Waals surface area (Å²) in [6, 6.07) is 5.06. The predicted octanol–water partition coefficient (Wildman–Crippen LogP) is 1.91. The summed E-state index contributed by atoms with van der Waals surface area (Å²) in [5, 5.41) is 19.2. The molecule has 0 unspecified atom stereocenters. The van der Waals surface area contributed by atoms with Gasteiger partial charge in [-0.2, -0.15) is 0 Å². The van der Waals surface area contributed by atoms with Gasteiger partial charge in [-0.15, -0.1) is 10.2 Å². The second-order valence-corrected chi connectivity index (χ2v) is 4.95. The monoisotopic (exact) mass is 279 g/mol. The van der Waals surface area contributed by atoms with Crippen LogP contribution in [0.1, 0.15) is 11.1 Å². The van der Waals surface area contributed by atoms with Gasteiger partial charge in [-0.05, 0) is 12.5 Å². The Kier molecular flexibility index (Phi) is 3.70. The maximum absolute atomic E-state index is 10.9. The van der Waals surface area contributed by atoms with Gasteiger partial charge in [0.25, 0.3) is 5.69 Å². The minimum absolute atomic E-state index is 0.135. The third kappa shape index (κ3) is 2.68. The van der Waals surface area contributed by atoms with Gasteiger partial charge in [0.1, 0.15) is 0 Å². The summed E-state index contributed by atoms with van der Waals surface area (Å²) >= 11 is 1.44.